The molecule has 0 aromatic heterocycles. The van der Waals surface area contributed by atoms with E-state index >= 15 is 0 Å². The molecule has 0 aliphatic carbocycles. The largest absolute Gasteiger partial charge is 0.462 e. The second-order valence-electron chi connectivity index (χ2n) is 17.9. The zero-order chi connectivity index (χ0) is 46.7. The molecule has 64 heavy (non-hydrogen) atoms. The van der Waals surface area contributed by atoms with E-state index in [4.69, 9.17) is 4.74 Å². The van der Waals surface area contributed by atoms with Crippen molar-refractivity contribution in [2.45, 2.75) is 264 Å². The number of ether oxygens (including phenoxy) is 1. The van der Waals surface area contributed by atoms with Crippen LogP contribution < -0.4 is 5.32 Å². The van der Waals surface area contributed by atoms with Crippen LogP contribution in [0.5, 0.6) is 0 Å². The quantitative estimate of drug-likeness (QED) is 0.0321. The Kier molecular flexibility index (Phi) is 48.7. The van der Waals surface area contributed by atoms with E-state index in [9.17, 15) is 19.8 Å². The highest BCUT2D eigenvalue weighted by Gasteiger charge is 2.24. The number of aliphatic hydroxyl groups excluding tert-OH is 2. The lowest BCUT2D eigenvalue weighted by Crippen LogP contribution is -2.46. The van der Waals surface area contributed by atoms with Gasteiger partial charge in [-0.25, -0.2) is 0 Å². The standard InChI is InChI=1S/C58H101NO5/c1-4-7-10-13-16-19-22-25-28-29-30-33-36-39-42-45-48-51-58(63)64-54(49-46-43-40-37-34-31-26-23-20-17-14-11-8-5-2)52-57(62)59-55(53-60)56(61)50-47-44-41-38-35-32-27-24-21-18-15-12-9-6-3/h8,11,16-17,19-20,25-26,28,30-31,33,39,42,54-56,60-61H,4-7,9-10,12-15,18,21-24,27,29,32,34-38,40-41,43-53H2,1-3H3,(H,59,62)/b11-8+,19-16-,20-17+,28-25-,31-26+,33-30-,42-39-. The number of aliphatic hydroxyl groups is 2. The third-order valence-corrected chi connectivity index (χ3v) is 11.7. The Morgan fingerprint density at radius 2 is 0.844 bits per heavy atom. The highest BCUT2D eigenvalue weighted by atomic mass is 16.5. The summed E-state index contributed by atoms with van der Waals surface area (Å²) in [5.41, 5.74) is 0. The van der Waals surface area contributed by atoms with Gasteiger partial charge in [-0.1, -0.05) is 221 Å². The van der Waals surface area contributed by atoms with E-state index in [0.29, 0.717) is 25.7 Å². The molecule has 6 nitrogen and oxygen atoms in total. The van der Waals surface area contributed by atoms with Crippen LogP contribution in [0.25, 0.3) is 0 Å². The van der Waals surface area contributed by atoms with Gasteiger partial charge in [0.2, 0.25) is 5.91 Å². The van der Waals surface area contributed by atoms with E-state index in [-0.39, 0.29) is 24.9 Å². The summed E-state index contributed by atoms with van der Waals surface area (Å²) in [6, 6.07) is -0.724. The second kappa shape index (κ2) is 51.0. The number of unbranched alkanes of at least 4 members (excludes halogenated alkanes) is 21. The number of amides is 1. The zero-order valence-electron chi connectivity index (χ0n) is 41.9. The average molecular weight is 892 g/mol. The van der Waals surface area contributed by atoms with Gasteiger partial charge in [-0.05, 0) is 96.3 Å². The first kappa shape index (κ1) is 61.0. The van der Waals surface area contributed by atoms with Crippen molar-refractivity contribution in [2.75, 3.05) is 6.61 Å². The molecule has 0 heterocycles. The molecule has 3 unspecified atom stereocenters. The molecule has 1 amide bonds. The van der Waals surface area contributed by atoms with E-state index in [1.807, 2.05) is 0 Å². The van der Waals surface area contributed by atoms with E-state index < -0.39 is 18.2 Å². The van der Waals surface area contributed by atoms with Crippen LogP contribution in [0.3, 0.4) is 0 Å². The van der Waals surface area contributed by atoms with Gasteiger partial charge in [-0.2, -0.15) is 0 Å². The van der Waals surface area contributed by atoms with E-state index in [1.54, 1.807) is 0 Å². The molecule has 0 aromatic carbocycles. The van der Waals surface area contributed by atoms with Crippen molar-refractivity contribution < 1.29 is 24.5 Å². The van der Waals surface area contributed by atoms with Crippen molar-refractivity contribution in [3.63, 3.8) is 0 Å². The molecule has 0 saturated carbocycles. The van der Waals surface area contributed by atoms with Gasteiger partial charge in [0.25, 0.3) is 0 Å². The molecule has 368 valence electrons. The molecule has 0 aliphatic heterocycles. The van der Waals surface area contributed by atoms with Crippen LogP contribution in [0.2, 0.25) is 0 Å². The summed E-state index contributed by atoms with van der Waals surface area (Å²) in [5, 5.41) is 23.8. The van der Waals surface area contributed by atoms with Crippen LogP contribution in [0.1, 0.15) is 245 Å². The van der Waals surface area contributed by atoms with Crippen LogP contribution in [0, 0.1) is 0 Å². The summed E-state index contributed by atoms with van der Waals surface area (Å²) < 4.78 is 5.90. The van der Waals surface area contributed by atoms with Crippen molar-refractivity contribution in [3.05, 3.63) is 85.1 Å². The van der Waals surface area contributed by atoms with Gasteiger partial charge in [-0.15, -0.1) is 0 Å². The Bertz CT molecular complexity index is 1230. The van der Waals surface area contributed by atoms with Crippen LogP contribution in [0.15, 0.2) is 85.1 Å². The maximum absolute atomic E-state index is 13.2. The Hall–Kier alpha value is -2.96. The van der Waals surface area contributed by atoms with Gasteiger partial charge in [0.15, 0.2) is 0 Å². The topological polar surface area (TPSA) is 95.9 Å². The number of rotatable bonds is 47. The van der Waals surface area contributed by atoms with Gasteiger partial charge in [0.1, 0.15) is 6.10 Å². The van der Waals surface area contributed by atoms with Gasteiger partial charge < -0.3 is 20.3 Å². The van der Waals surface area contributed by atoms with Gasteiger partial charge in [0, 0.05) is 6.42 Å². The average Bonchev–Trinajstić information content (AvgIpc) is 3.29. The molecule has 0 bridgehead atoms. The molecule has 0 aromatic rings. The Morgan fingerprint density at radius 1 is 0.469 bits per heavy atom. The lowest BCUT2D eigenvalue weighted by molar-refractivity contribution is -0.151. The number of hydrogen-bond donors (Lipinski definition) is 3. The van der Waals surface area contributed by atoms with Crippen LogP contribution in [-0.4, -0.2) is 46.9 Å². The van der Waals surface area contributed by atoms with E-state index in [0.717, 1.165) is 96.3 Å². The number of carbonyl (C=O) groups excluding carboxylic acids is 2. The minimum atomic E-state index is -0.807. The molecule has 0 rings (SSSR count). The minimum absolute atomic E-state index is 0.0372. The summed E-state index contributed by atoms with van der Waals surface area (Å²) in [5.74, 6) is -0.565. The minimum Gasteiger partial charge on any atom is -0.462 e. The van der Waals surface area contributed by atoms with Crippen molar-refractivity contribution in [1.82, 2.24) is 5.32 Å². The molecule has 0 fully saturated rings. The zero-order valence-corrected chi connectivity index (χ0v) is 41.9. The Balaban J connectivity index is 4.70. The van der Waals surface area contributed by atoms with Crippen LogP contribution >= 0.6 is 0 Å². The van der Waals surface area contributed by atoms with Gasteiger partial charge in [0.05, 0.1) is 25.2 Å². The third-order valence-electron chi connectivity index (χ3n) is 11.7. The second-order valence-corrected chi connectivity index (χ2v) is 17.9. The molecular formula is C58H101NO5. The lowest BCUT2D eigenvalue weighted by atomic mass is 10.0. The van der Waals surface area contributed by atoms with Crippen LogP contribution in [-0.2, 0) is 14.3 Å². The fraction of sp³-hybridized carbons (Fsp3) is 0.724. The summed E-state index contributed by atoms with van der Waals surface area (Å²) in [4.78, 5) is 26.2. The molecule has 6 heteroatoms. The van der Waals surface area contributed by atoms with Gasteiger partial charge >= 0.3 is 5.97 Å². The summed E-state index contributed by atoms with van der Waals surface area (Å²) in [7, 11) is 0. The monoisotopic (exact) mass is 892 g/mol. The predicted octanol–water partition coefficient (Wildman–Crippen LogP) is 16.3. The van der Waals surface area contributed by atoms with Gasteiger partial charge in [-0.3, -0.25) is 9.59 Å². The van der Waals surface area contributed by atoms with E-state index in [2.05, 4.69) is 111 Å². The highest BCUT2D eigenvalue weighted by molar-refractivity contribution is 5.77. The molecule has 0 radical (unpaired) electrons. The Labute approximate surface area is 395 Å². The molecular weight excluding hydrogens is 791 g/mol. The number of carbonyl (C=O) groups is 2. The fourth-order valence-electron chi connectivity index (χ4n) is 7.67. The highest BCUT2D eigenvalue weighted by Crippen LogP contribution is 2.17. The summed E-state index contributed by atoms with van der Waals surface area (Å²) >= 11 is 0. The summed E-state index contributed by atoms with van der Waals surface area (Å²) in [6.07, 6.45) is 66.4. The molecule has 0 aliphatic rings. The molecule has 0 spiro atoms. The first-order valence-electron chi connectivity index (χ1n) is 26.8. The SMILES string of the molecule is CC/C=C/C/C=C/C/C=C/CCCCCCC(CC(=O)NC(CO)C(O)CCCCCCCCCCCCCCCC)OC(=O)CCC/C=C\C/C=C\C/C=C\C/C=C\CCCCC. The first-order chi connectivity index (χ1) is 31.5. The molecule has 3 atom stereocenters. The normalized spacial score (nSPS) is 13.9. The first-order valence-corrected chi connectivity index (χ1v) is 26.8. The van der Waals surface area contributed by atoms with E-state index in [1.165, 1.54) is 96.3 Å². The maximum Gasteiger partial charge on any atom is 0.306 e. The lowest BCUT2D eigenvalue weighted by Gasteiger charge is -2.24. The third kappa shape index (κ3) is 45.6. The smallest absolute Gasteiger partial charge is 0.306 e. The fourth-order valence-corrected chi connectivity index (χ4v) is 7.67. The number of hydrogen-bond acceptors (Lipinski definition) is 5. The molecule has 3 N–H and O–H groups in total. The Morgan fingerprint density at radius 3 is 1.31 bits per heavy atom. The molecule has 0 saturated heterocycles. The number of esters is 1. The van der Waals surface area contributed by atoms with Crippen molar-refractivity contribution in [3.8, 4) is 0 Å². The number of allylic oxidation sites excluding steroid dienone is 14. The number of nitrogens with one attached hydrogen (secondary N) is 1. The van der Waals surface area contributed by atoms with Crippen molar-refractivity contribution >= 4 is 11.9 Å². The predicted molar refractivity (Wildman–Crippen MR) is 278 cm³/mol. The maximum atomic E-state index is 13.2. The summed E-state index contributed by atoms with van der Waals surface area (Å²) in [6.45, 7) is 6.33. The van der Waals surface area contributed by atoms with Crippen molar-refractivity contribution in [2.24, 2.45) is 0 Å². The van der Waals surface area contributed by atoms with Crippen molar-refractivity contribution in [1.29, 1.82) is 0 Å². The van der Waals surface area contributed by atoms with Crippen LogP contribution in [0.4, 0.5) is 0 Å².